The molecule has 1 aromatic rings. The molecule has 17 heavy (non-hydrogen) atoms. The molecule has 1 fully saturated rings. The summed E-state index contributed by atoms with van der Waals surface area (Å²) < 4.78 is 0.813. The van der Waals surface area contributed by atoms with Crippen LogP contribution in [0.3, 0.4) is 0 Å². The Balaban J connectivity index is 2.07. The Hall–Kier alpha value is -1.30. The van der Waals surface area contributed by atoms with Crippen molar-refractivity contribution < 1.29 is 14.7 Å². The molecule has 2 heterocycles. The van der Waals surface area contributed by atoms with Crippen LogP contribution >= 0.6 is 15.9 Å². The second-order valence-electron chi connectivity index (χ2n) is 4.16. The van der Waals surface area contributed by atoms with E-state index in [0.29, 0.717) is 25.2 Å². The van der Waals surface area contributed by atoms with Gasteiger partial charge in [-0.05, 0) is 34.8 Å². The molecule has 0 saturated carbocycles. The molecule has 0 aromatic carbocycles. The molecular formula is C11H13BrN2O3. The summed E-state index contributed by atoms with van der Waals surface area (Å²) >= 11 is 3.26. The SMILES string of the molecule is O=C(O)[C@@H]1CCCN(C(=O)c2cc(Br)c[nH]2)C1. The van der Waals surface area contributed by atoms with Gasteiger partial charge in [0.15, 0.2) is 0 Å². The van der Waals surface area contributed by atoms with Crippen molar-refractivity contribution in [3.63, 3.8) is 0 Å². The molecular weight excluding hydrogens is 288 g/mol. The van der Waals surface area contributed by atoms with Crippen molar-refractivity contribution in [2.75, 3.05) is 13.1 Å². The van der Waals surface area contributed by atoms with Gasteiger partial charge in [-0.2, -0.15) is 0 Å². The molecule has 0 unspecified atom stereocenters. The maximum atomic E-state index is 12.1. The molecule has 1 saturated heterocycles. The van der Waals surface area contributed by atoms with Crippen LogP contribution in [0, 0.1) is 5.92 Å². The number of likely N-dealkylation sites (tertiary alicyclic amines) is 1. The predicted octanol–water partition coefficient (Wildman–Crippen LogP) is 1.71. The minimum atomic E-state index is -0.824. The van der Waals surface area contributed by atoms with Gasteiger partial charge in [0, 0.05) is 23.8 Å². The number of rotatable bonds is 2. The number of hydrogen-bond acceptors (Lipinski definition) is 2. The Kier molecular flexibility index (Phi) is 3.51. The zero-order chi connectivity index (χ0) is 12.4. The lowest BCUT2D eigenvalue weighted by Gasteiger charge is -2.30. The van der Waals surface area contributed by atoms with Crippen molar-refractivity contribution in [2.24, 2.45) is 5.92 Å². The first-order valence-corrected chi connectivity index (χ1v) is 6.23. The minimum Gasteiger partial charge on any atom is -0.481 e. The molecule has 1 aromatic heterocycles. The Bertz CT molecular complexity index is 444. The van der Waals surface area contributed by atoms with Crippen LogP contribution in [-0.2, 0) is 4.79 Å². The van der Waals surface area contributed by atoms with Crippen molar-refractivity contribution in [1.29, 1.82) is 0 Å². The van der Waals surface area contributed by atoms with E-state index in [9.17, 15) is 9.59 Å². The fourth-order valence-electron chi connectivity index (χ4n) is 2.02. The maximum absolute atomic E-state index is 12.1. The van der Waals surface area contributed by atoms with Crippen molar-refractivity contribution in [3.8, 4) is 0 Å². The molecule has 2 rings (SSSR count). The van der Waals surface area contributed by atoms with Crippen LogP contribution in [0.4, 0.5) is 0 Å². The van der Waals surface area contributed by atoms with E-state index in [-0.39, 0.29) is 5.91 Å². The molecule has 1 atom stereocenters. The summed E-state index contributed by atoms with van der Waals surface area (Å²) in [7, 11) is 0. The van der Waals surface area contributed by atoms with E-state index in [1.807, 2.05) is 0 Å². The summed E-state index contributed by atoms with van der Waals surface area (Å²) in [6.07, 6.45) is 3.07. The fraction of sp³-hybridized carbons (Fsp3) is 0.455. The van der Waals surface area contributed by atoms with Gasteiger partial charge in [-0.25, -0.2) is 0 Å². The minimum absolute atomic E-state index is 0.137. The maximum Gasteiger partial charge on any atom is 0.308 e. The van der Waals surface area contributed by atoms with Crippen molar-refractivity contribution in [3.05, 3.63) is 22.4 Å². The Morgan fingerprint density at radius 2 is 2.29 bits per heavy atom. The van der Waals surface area contributed by atoms with Crippen LogP contribution < -0.4 is 0 Å². The van der Waals surface area contributed by atoms with Gasteiger partial charge < -0.3 is 15.0 Å². The summed E-state index contributed by atoms with van der Waals surface area (Å²) in [6, 6.07) is 1.70. The van der Waals surface area contributed by atoms with Gasteiger partial charge in [0.2, 0.25) is 0 Å². The second-order valence-corrected chi connectivity index (χ2v) is 5.08. The smallest absolute Gasteiger partial charge is 0.308 e. The lowest BCUT2D eigenvalue weighted by molar-refractivity contribution is -0.143. The van der Waals surface area contributed by atoms with Crippen LogP contribution in [0.15, 0.2) is 16.7 Å². The monoisotopic (exact) mass is 300 g/mol. The zero-order valence-corrected chi connectivity index (χ0v) is 10.7. The number of carboxylic acids is 1. The summed E-state index contributed by atoms with van der Waals surface area (Å²) in [5.41, 5.74) is 0.489. The number of aliphatic carboxylic acids is 1. The van der Waals surface area contributed by atoms with Gasteiger partial charge in [0.1, 0.15) is 5.69 Å². The quantitative estimate of drug-likeness (QED) is 0.873. The third-order valence-electron chi connectivity index (χ3n) is 2.94. The molecule has 1 amide bonds. The van der Waals surface area contributed by atoms with Crippen LogP contribution in [-0.4, -0.2) is 40.0 Å². The van der Waals surface area contributed by atoms with E-state index >= 15 is 0 Å². The van der Waals surface area contributed by atoms with E-state index < -0.39 is 11.9 Å². The average molecular weight is 301 g/mol. The number of nitrogens with one attached hydrogen (secondary N) is 1. The van der Waals surface area contributed by atoms with Gasteiger partial charge in [0.05, 0.1) is 5.92 Å². The van der Waals surface area contributed by atoms with Crippen LogP contribution in [0.5, 0.6) is 0 Å². The lowest BCUT2D eigenvalue weighted by atomic mass is 9.98. The van der Waals surface area contributed by atoms with E-state index in [2.05, 4.69) is 20.9 Å². The summed E-state index contributed by atoms with van der Waals surface area (Å²) in [5, 5.41) is 8.96. The topological polar surface area (TPSA) is 73.4 Å². The largest absolute Gasteiger partial charge is 0.481 e. The van der Waals surface area contributed by atoms with E-state index in [1.165, 1.54) is 0 Å². The number of aromatic nitrogens is 1. The van der Waals surface area contributed by atoms with Gasteiger partial charge in [-0.1, -0.05) is 0 Å². The van der Waals surface area contributed by atoms with Gasteiger partial charge in [-0.15, -0.1) is 0 Å². The number of amides is 1. The zero-order valence-electron chi connectivity index (χ0n) is 9.15. The number of nitrogens with zero attached hydrogens (tertiary/aromatic N) is 1. The number of carboxylic acid groups (broad SMARTS) is 1. The molecule has 6 heteroatoms. The van der Waals surface area contributed by atoms with Crippen molar-refractivity contribution >= 4 is 27.8 Å². The number of hydrogen-bond donors (Lipinski definition) is 2. The number of halogens is 1. The van der Waals surface area contributed by atoms with Gasteiger partial charge in [-0.3, -0.25) is 9.59 Å². The molecule has 0 spiro atoms. The van der Waals surface area contributed by atoms with Crippen LogP contribution in [0.25, 0.3) is 0 Å². The number of H-pyrrole nitrogens is 1. The molecule has 92 valence electrons. The third kappa shape index (κ3) is 2.69. The number of carbonyl (C=O) groups is 2. The standard InChI is InChI=1S/C11H13BrN2O3/c12-8-4-9(13-5-8)10(15)14-3-1-2-7(6-14)11(16)17/h4-5,7,13H,1-3,6H2,(H,16,17)/t7-/m1/s1. The highest BCUT2D eigenvalue weighted by molar-refractivity contribution is 9.10. The highest BCUT2D eigenvalue weighted by Gasteiger charge is 2.28. The number of piperidine rings is 1. The lowest BCUT2D eigenvalue weighted by Crippen LogP contribution is -2.42. The Morgan fingerprint density at radius 1 is 1.53 bits per heavy atom. The predicted molar refractivity (Wildman–Crippen MR) is 64.8 cm³/mol. The molecule has 0 bridgehead atoms. The first-order valence-electron chi connectivity index (χ1n) is 5.44. The first kappa shape index (κ1) is 12.2. The Morgan fingerprint density at radius 3 is 2.88 bits per heavy atom. The molecule has 5 nitrogen and oxygen atoms in total. The summed E-state index contributed by atoms with van der Waals surface area (Å²) in [4.78, 5) is 27.4. The fourth-order valence-corrected chi connectivity index (χ4v) is 2.37. The highest BCUT2D eigenvalue weighted by atomic mass is 79.9. The average Bonchev–Trinajstić information content (AvgIpc) is 2.75. The molecule has 1 aliphatic rings. The van der Waals surface area contributed by atoms with Crippen LogP contribution in [0.2, 0.25) is 0 Å². The highest BCUT2D eigenvalue weighted by Crippen LogP contribution is 2.19. The summed E-state index contributed by atoms with van der Waals surface area (Å²) in [6.45, 7) is 0.921. The van der Waals surface area contributed by atoms with Crippen LogP contribution in [0.1, 0.15) is 23.3 Å². The Labute approximate surface area is 107 Å². The van der Waals surface area contributed by atoms with E-state index in [1.54, 1.807) is 17.2 Å². The molecule has 1 aliphatic heterocycles. The molecule has 0 aliphatic carbocycles. The summed E-state index contributed by atoms with van der Waals surface area (Å²) in [5.74, 6) is -1.40. The number of aromatic amines is 1. The van der Waals surface area contributed by atoms with E-state index in [4.69, 9.17) is 5.11 Å². The van der Waals surface area contributed by atoms with Gasteiger partial charge >= 0.3 is 5.97 Å². The van der Waals surface area contributed by atoms with E-state index in [0.717, 1.165) is 10.9 Å². The number of carbonyl (C=O) groups excluding carboxylic acids is 1. The molecule has 2 N–H and O–H groups in total. The first-order chi connectivity index (χ1) is 8.08. The van der Waals surface area contributed by atoms with Gasteiger partial charge in [0.25, 0.3) is 5.91 Å². The van der Waals surface area contributed by atoms with Crippen molar-refractivity contribution in [1.82, 2.24) is 9.88 Å². The molecule has 0 radical (unpaired) electrons. The van der Waals surface area contributed by atoms with Crippen molar-refractivity contribution in [2.45, 2.75) is 12.8 Å². The third-order valence-corrected chi connectivity index (χ3v) is 3.39. The normalized spacial score (nSPS) is 20.3. The second kappa shape index (κ2) is 4.91.